The molecule has 0 aliphatic carbocycles. The van der Waals surface area contributed by atoms with Crippen molar-refractivity contribution in [1.82, 2.24) is 19.9 Å². The first-order chi connectivity index (χ1) is 11.9. The summed E-state index contributed by atoms with van der Waals surface area (Å²) in [6.07, 6.45) is 2.51. The number of anilines is 2. The molecule has 0 atom stereocenters. The van der Waals surface area contributed by atoms with Gasteiger partial charge in [0.2, 0.25) is 9.74 Å². The van der Waals surface area contributed by atoms with E-state index in [1.54, 1.807) is 12.1 Å². The van der Waals surface area contributed by atoms with Crippen LogP contribution in [-0.4, -0.2) is 46.0 Å². The van der Waals surface area contributed by atoms with Crippen LogP contribution in [0.2, 0.25) is 0 Å². The molecule has 0 bridgehead atoms. The zero-order valence-corrected chi connectivity index (χ0v) is 15.8. The summed E-state index contributed by atoms with van der Waals surface area (Å²) in [5.74, 6) is 0.869. The maximum Gasteiger partial charge on any atom is 0.250 e. The van der Waals surface area contributed by atoms with E-state index in [-0.39, 0.29) is 5.82 Å². The van der Waals surface area contributed by atoms with Gasteiger partial charge in [-0.05, 0) is 38.1 Å². The van der Waals surface area contributed by atoms with Crippen LogP contribution in [-0.2, 0) is 3.79 Å². The average molecular weight is 402 g/mol. The van der Waals surface area contributed by atoms with Gasteiger partial charge in [0, 0.05) is 24.3 Å². The van der Waals surface area contributed by atoms with Crippen LogP contribution in [0.3, 0.4) is 0 Å². The van der Waals surface area contributed by atoms with Crippen LogP contribution in [0.25, 0.3) is 11.4 Å². The lowest BCUT2D eigenvalue weighted by atomic mass is 10.2. The Morgan fingerprint density at radius 2 is 1.88 bits per heavy atom. The molecule has 25 heavy (non-hydrogen) atoms. The van der Waals surface area contributed by atoms with Gasteiger partial charge in [0.25, 0.3) is 0 Å². The lowest BCUT2D eigenvalue weighted by Gasteiger charge is -2.16. The zero-order chi connectivity index (χ0) is 17.9. The lowest BCUT2D eigenvalue weighted by Crippen LogP contribution is -2.26. The van der Waals surface area contributed by atoms with E-state index >= 15 is 0 Å². The Morgan fingerprint density at radius 3 is 2.56 bits per heavy atom. The highest BCUT2D eigenvalue weighted by atomic mass is 35.6. The van der Waals surface area contributed by atoms with Crippen LogP contribution in [0.4, 0.5) is 11.6 Å². The molecule has 3 rings (SSSR count). The van der Waals surface area contributed by atoms with E-state index in [0.29, 0.717) is 24.0 Å². The van der Waals surface area contributed by atoms with E-state index in [9.17, 15) is 0 Å². The minimum absolute atomic E-state index is 0.0774. The largest absolute Gasteiger partial charge is 0.399 e. The van der Waals surface area contributed by atoms with Crippen molar-refractivity contribution in [3.8, 4) is 11.4 Å². The number of nitrogens with two attached hydrogens (primary N) is 1. The molecule has 2 aromatic rings. The van der Waals surface area contributed by atoms with Crippen molar-refractivity contribution in [3.05, 3.63) is 30.1 Å². The second kappa shape index (κ2) is 7.91. The van der Waals surface area contributed by atoms with E-state index < -0.39 is 3.79 Å². The van der Waals surface area contributed by atoms with Gasteiger partial charge in [-0.2, -0.15) is 9.97 Å². The van der Waals surface area contributed by atoms with E-state index in [1.165, 1.54) is 12.8 Å². The summed E-state index contributed by atoms with van der Waals surface area (Å²) in [6.45, 7) is 3.89. The summed E-state index contributed by atoms with van der Waals surface area (Å²) in [5, 5.41) is 3.20. The molecule has 6 nitrogen and oxygen atoms in total. The van der Waals surface area contributed by atoms with Crippen LogP contribution < -0.4 is 11.1 Å². The fraction of sp³-hybridized carbons (Fsp3) is 0.438. The molecule has 2 heterocycles. The number of hydrogen-bond acceptors (Lipinski definition) is 6. The summed E-state index contributed by atoms with van der Waals surface area (Å²) < 4.78 is -1.73. The number of alkyl halides is 3. The smallest absolute Gasteiger partial charge is 0.250 e. The molecule has 1 aliphatic rings. The second-order valence-electron chi connectivity index (χ2n) is 5.90. The van der Waals surface area contributed by atoms with Gasteiger partial charge in [-0.15, -0.1) is 0 Å². The topological polar surface area (TPSA) is 80.0 Å². The van der Waals surface area contributed by atoms with Crippen molar-refractivity contribution in [2.75, 3.05) is 37.2 Å². The number of likely N-dealkylation sites (tertiary alicyclic amines) is 1. The summed E-state index contributed by atoms with van der Waals surface area (Å²) >= 11 is 17.9. The SMILES string of the molecule is Nc1cccc(-c2nc(NCCN3CCCC3)nc(C(Cl)(Cl)Cl)n2)c1. The number of hydrogen-bond donors (Lipinski definition) is 2. The molecule has 0 saturated carbocycles. The van der Waals surface area contributed by atoms with Gasteiger partial charge in [0.1, 0.15) is 0 Å². The molecule has 3 N–H and O–H groups in total. The van der Waals surface area contributed by atoms with E-state index in [0.717, 1.165) is 25.2 Å². The van der Waals surface area contributed by atoms with Crippen LogP contribution >= 0.6 is 34.8 Å². The Labute approximate surface area is 161 Å². The first kappa shape index (κ1) is 18.5. The first-order valence-corrected chi connectivity index (χ1v) is 9.20. The minimum Gasteiger partial charge on any atom is -0.399 e. The van der Waals surface area contributed by atoms with Crippen molar-refractivity contribution in [3.63, 3.8) is 0 Å². The van der Waals surface area contributed by atoms with Gasteiger partial charge >= 0.3 is 0 Å². The van der Waals surface area contributed by atoms with Crippen molar-refractivity contribution < 1.29 is 0 Å². The number of benzene rings is 1. The molecule has 0 spiro atoms. The number of aromatic nitrogens is 3. The van der Waals surface area contributed by atoms with Gasteiger partial charge in [-0.3, -0.25) is 0 Å². The third-order valence-electron chi connectivity index (χ3n) is 3.94. The van der Waals surface area contributed by atoms with E-state index in [4.69, 9.17) is 40.5 Å². The zero-order valence-electron chi connectivity index (χ0n) is 13.6. The van der Waals surface area contributed by atoms with Crippen LogP contribution in [0, 0.1) is 0 Å². The molecule has 1 aliphatic heterocycles. The molecule has 9 heteroatoms. The predicted octanol–water partition coefficient (Wildman–Crippen LogP) is 3.46. The van der Waals surface area contributed by atoms with Crippen molar-refractivity contribution in [1.29, 1.82) is 0 Å². The van der Waals surface area contributed by atoms with Crippen LogP contribution in [0.15, 0.2) is 24.3 Å². The minimum atomic E-state index is -1.73. The summed E-state index contributed by atoms with van der Waals surface area (Å²) in [6, 6.07) is 7.23. The highest BCUT2D eigenvalue weighted by Gasteiger charge is 2.28. The van der Waals surface area contributed by atoms with E-state index in [2.05, 4.69) is 25.2 Å². The average Bonchev–Trinajstić information content (AvgIpc) is 3.07. The van der Waals surface area contributed by atoms with Crippen LogP contribution in [0.1, 0.15) is 18.7 Å². The van der Waals surface area contributed by atoms with Crippen molar-refractivity contribution >= 4 is 46.4 Å². The Bertz CT molecular complexity index is 728. The molecule has 0 radical (unpaired) electrons. The molecular weight excluding hydrogens is 383 g/mol. The molecule has 0 unspecified atom stereocenters. The number of rotatable bonds is 5. The van der Waals surface area contributed by atoms with Gasteiger partial charge < -0.3 is 16.0 Å². The molecule has 0 amide bonds. The predicted molar refractivity (Wildman–Crippen MR) is 103 cm³/mol. The quantitative estimate of drug-likeness (QED) is 0.590. The molecule has 1 fully saturated rings. The molecular formula is C16H19Cl3N6. The fourth-order valence-corrected chi connectivity index (χ4v) is 2.97. The standard InChI is InChI=1S/C16H19Cl3N6/c17-16(18,19)14-22-13(11-4-3-5-12(20)10-11)23-15(24-14)21-6-9-25-7-1-2-8-25/h3-5,10H,1-2,6-9,20H2,(H,21,22,23,24). The maximum atomic E-state index is 5.98. The van der Waals surface area contributed by atoms with Crippen molar-refractivity contribution in [2.24, 2.45) is 0 Å². The molecule has 134 valence electrons. The lowest BCUT2D eigenvalue weighted by molar-refractivity contribution is 0.352. The number of nitrogens with zero attached hydrogens (tertiary/aromatic N) is 4. The Balaban J connectivity index is 1.82. The summed E-state index contributed by atoms with van der Waals surface area (Å²) in [7, 11) is 0. The molecule has 1 saturated heterocycles. The first-order valence-electron chi connectivity index (χ1n) is 8.07. The third-order valence-corrected chi connectivity index (χ3v) is 4.45. The van der Waals surface area contributed by atoms with Gasteiger partial charge in [0.15, 0.2) is 11.6 Å². The Morgan fingerprint density at radius 1 is 1.12 bits per heavy atom. The number of halogens is 3. The molecule has 1 aromatic heterocycles. The second-order valence-corrected chi connectivity index (χ2v) is 8.19. The van der Waals surface area contributed by atoms with Gasteiger partial charge in [-0.1, -0.05) is 46.9 Å². The van der Waals surface area contributed by atoms with Gasteiger partial charge in [-0.25, -0.2) is 4.98 Å². The van der Waals surface area contributed by atoms with Crippen molar-refractivity contribution in [2.45, 2.75) is 16.6 Å². The Kier molecular flexibility index (Phi) is 5.84. The molecule has 1 aromatic carbocycles. The maximum absolute atomic E-state index is 5.98. The highest BCUT2D eigenvalue weighted by molar-refractivity contribution is 6.66. The highest BCUT2D eigenvalue weighted by Crippen LogP contribution is 2.36. The number of nitrogens with one attached hydrogen (secondary N) is 1. The summed E-state index contributed by atoms with van der Waals surface area (Å²) in [5.41, 5.74) is 7.18. The van der Waals surface area contributed by atoms with E-state index in [1.807, 2.05) is 12.1 Å². The normalized spacial score (nSPS) is 15.5. The third kappa shape index (κ3) is 5.07. The monoisotopic (exact) mass is 400 g/mol. The van der Waals surface area contributed by atoms with Crippen LogP contribution in [0.5, 0.6) is 0 Å². The number of nitrogen functional groups attached to an aromatic ring is 1. The summed E-state index contributed by atoms with van der Waals surface area (Å²) in [4.78, 5) is 15.3. The fourth-order valence-electron chi connectivity index (χ4n) is 2.72. The Hall–Kier alpha value is -1.34. The van der Waals surface area contributed by atoms with Gasteiger partial charge in [0.05, 0.1) is 0 Å².